The average Bonchev–Trinajstić information content (AvgIpc) is 2.48. The minimum Gasteiger partial charge on any atom is -0.497 e. The van der Waals surface area contributed by atoms with Crippen molar-refractivity contribution in [1.82, 2.24) is 5.32 Å². The molecule has 0 amide bonds. The van der Waals surface area contributed by atoms with Gasteiger partial charge in [-0.1, -0.05) is 31.4 Å². The summed E-state index contributed by atoms with van der Waals surface area (Å²) in [5.41, 5.74) is 0.964. The summed E-state index contributed by atoms with van der Waals surface area (Å²) in [4.78, 5) is 0. The molecule has 3 heteroatoms. The van der Waals surface area contributed by atoms with Crippen LogP contribution in [0.4, 0.5) is 0 Å². The maximum Gasteiger partial charge on any atom is 0.118 e. The summed E-state index contributed by atoms with van der Waals surface area (Å²) in [6.07, 6.45) is 7.03. The molecule has 0 spiro atoms. The molecule has 0 aliphatic heterocycles. The van der Waals surface area contributed by atoms with Crippen LogP contribution in [-0.2, 0) is 0 Å². The molecule has 1 saturated carbocycles. The molecule has 1 atom stereocenters. The summed E-state index contributed by atoms with van der Waals surface area (Å²) in [6, 6.07) is 8.32. The van der Waals surface area contributed by atoms with Gasteiger partial charge in [-0.3, -0.25) is 0 Å². The average molecular weight is 263 g/mol. The highest BCUT2D eigenvalue weighted by Gasteiger charge is 2.13. The van der Waals surface area contributed by atoms with Gasteiger partial charge in [-0.25, -0.2) is 0 Å². The van der Waals surface area contributed by atoms with Gasteiger partial charge in [-0.15, -0.1) is 0 Å². The summed E-state index contributed by atoms with van der Waals surface area (Å²) in [5, 5.41) is 13.7. The van der Waals surface area contributed by atoms with Gasteiger partial charge in [0.15, 0.2) is 0 Å². The van der Waals surface area contributed by atoms with Gasteiger partial charge in [0.2, 0.25) is 0 Å². The summed E-state index contributed by atoms with van der Waals surface area (Å²) >= 11 is 0. The zero-order valence-corrected chi connectivity index (χ0v) is 11.8. The molecule has 2 N–H and O–H groups in total. The molecule has 1 fully saturated rings. The third-order valence-corrected chi connectivity index (χ3v) is 3.96. The smallest absolute Gasteiger partial charge is 0.118 e. The van der Waals surface area contributed by atoms with Crippen LogP contribution in [0.25, 0.3) is 0 Å². The molecule has 1 unspecified atom stereocenters. The highest BCUT2D eigenvalue weighted by molar-refractivity contribution is 5.28. The monoisotopic (exact) mass is 263 g/mol. The SMILES string of the molecule is COc1ccc(C(O)CCNC2CCCCC2)cc1. The van der Waals surface area contributed by atoms with Crippen LogP contribution >= 0.6 is 0 Å². The Hall–Kier alpha value is -1.06. The predicted molar refractivity (Wildman–Crippen MR) is 77.4 cm³/mol. The van der Waals surface area contributed by atoms with Crippen LogP contribution < -0.4 is 10.1 Å². The van der Waals surface area contributed by atoms with Gasteiger partial charge in [0.25, 0.3) is 0 Å². The van der Waals surface area contributed by atoms with E-state index in [-0.39, 0.29) is 6.10 Å². The molecule has 3 nitrogen and oxygen atoms in total. The Balaban J connectivity index is 1.72. The first-order valence-electron chi connectivity index (χ1n) is 7.35. The molecule has 0 saturated heterocycles. The van der Waals surface area contributed by atoms with Crippen molar-refractivity contribution in [2.75, 3.05) is 13.7 Å². The summed E-state index contributed by atoms with van der Waals surface area (Å²) in [5.74, 6) is 0.830. The Morgan fingerprint density at radius 3 is 2.53 bits per heavy atom. The van der Waals surface area contributed by atoms with Gasteiger partial charge in [0.05, 0.1) is 13.2 Å². The largest absolute Gasteiger partial charge is 0.497 e. The maximum atomic E-state index is 10.1. The van der Waals surface area contributed by atoms with Gasteiger partial charge in [-0.2, -0.15) is 0 Å². The summed E-state index contributed by atoms with van der Waals surface area (Å²) in [7, 11) is 1.65. The highest BCUT2D eigenvalue weighted by Crippen LogP contribution is 2.21. The van der Waals surface area contributed by atoms with Gasteiger partial charge >= 0.3 is 0 Å². The topological polar surface area (TPSA) is 41.5 Å². The van der Waals surface area contributed by atoms with Gasteiger partial charge in [0.1, 0.15) is 5.75 Å². The molecule has 1 aromatic rings. The van der Waals surface area contributed by atoms with Gasteiger partial charge in [0, 0.05) is 6.04 Å². The lowest BCUT2D eigenvalue weighted by molar-refractivity contribution is 0.164. The summed E-state index contributed by atoms with van der Waals surface area (Å²) < 4.78 is 5.12. The third kappa shape index (κ3) is 4.51. The van der Waals surface area contributed by atoms with Crippen LogP contribution in [0.5, 0.6) is 5.75 Å². The Labute approximate surface area is 116 Å². The third-order valence-electron chi connectivity index (χ3n) is 3.96. The zero-order chi connectivity index (χ0) is 13.5. The van der Waals surface area contributed by atoms with Crippen LogP contribution in [-0.4, -0.2) is 24.8 Å². The van der Waals surface area contributed by atoms with E-state index in [0.29, 0.717) is 6.04 Å². The lowest BCUT2D eigenvalue weighted by atomic mass is 9.95. The second kappa shape index (κ2) is 7.51. The second-order valence-corrected chi connectivity index (χ2v) is 5.37. The van der Waals surface area contributed by atoms with Crippen LogP contribution in [0.2, 0.25) is 0 Å². The minimum absolute atomic E-state index is 0.387. The predicted octanol–water partition coefficient (Wildman–Crippen LogP) is 3.04. The Morgan fingerprint density at radius 1 is 1.21 bits per heavy atom. The van der Waals surface area contributed by atoms with Gasteiger partial charge in [-0.05, 0) is 43.5 Å². The maximum absolute atomic E-state index is 10.1. The van der Waals surface area contributed by atoms with E-state index in [1.807, 2.05) is 24.3 Å². The Morgan fingerprint density at radius 2 is 1.89 bits per heavy atom. The molecular formula is C16H25NO2. The fraction of sp³-hybridized carbons (Fsp3) is 0.625. The Kier molecular flexibility index (Phi) is 5.67. The number of aliphatic hydroxyl groups is 1. The number of benzene rings is 1. The number of hydrogen-bond acceptors (Lipinski definition) is 3. The first-order valence-corrected chi connectivity index (χ1v) is 7.35. The van der Waals surface area contributed by atoms with Crippen molar-refractivity contribution in [3.05, 3.63) is 29.8 Å². The molecule has 0 bridgehead atoms. The van der Waals surface area contributed by atoms with Crippen LogP contribution in [0.1, 0.15) is 50.2 Å². The van der Waals surface area contributed by atoms with Crippen molar-refractivity contribution < 1.29 is 9.84 Å². The van der Waals surface area contributed by atoms with Crippen LogP contribution in [0.3, 0.4) is 0 Å². The van der Waals surface area contributed by atoms with E-state index in [9.17, 15) is 5.11 Å². The van der Waals surface area contributed by atoms with E-state index in [1.165, 1.54) is 32.1 Å². The molecule has 1 aromatic carbocycles. The lowest BCUT2D eigenvalue weighted by Crippen LogP contribution is -2.32. The fourth-order valence-electron chi connectivity index (χ4n) is 2.72. The molecular weight excluding hydrogens is 238 g/mol. The standard InChI is InChI=1S/C16H25NO2/c1-19-15-9-7-13(8-10-15)16(18)11-12-17-14-5-3-2-4-6-14/h7-10,14,16-18H,2-6,11-12H2,1H3. The van der Waals surface area contributed by atoms with Crippen molar-refractivity contribution in [2.45, 2.75) is 50.7 Å². The van der Waals surface area contributed by atoms with E-state index in [0.717, 1.165) is 24.3 Å². The molecule has 19 heavy (non-hydrogen) atoms. The minimum atomic E-state index is -0.387. The molecule has 1 aliphatic carbocycles. The molecule has 1 aliphatic rings. The number of hydrogen-bond donors (Lipinski definition) is 2. The van der Waals surface area contributed by atoms with Crippen molar-refractivity contribution in [3.8, 4) is 5.75 Å². The molecule has 0 aromatic heterocycles. The fourth-order valence-corrected chi connectivity index (χ4v) is 2.72. The molecule has 0 radical (unpaired) electrons. The van der Waals surface area contributed by atoms with E-state index in [1.54, 1.807) is 7.11 Å². The molecule has 0 heterocycles. The van der Waals surface area contributed by atoms with Crippen molar-refractivity contribution in [3.63, 3.8) is 0 Å². The molecule has 2 rings (SSSR count). The number of ether oxygens (including phenoxy) is 1. The normalized spacial score (nSPS) is 18.2. The van der Waals surface area contributed by atoms with Crippen LogP contribution in [0.15, 0.2) is 24.3 Å². The zero-order valence-electron chi connectivity index (χ0n) is 11.8. The van der Waals surface area contributed by atoms with E-state index < -0.39 is 0 Å². The van der Waals surface area contributed by atoms with E-state index in [2.05, 4.69) is 5.32 Å². The number of nitrogens with one attached hydrogen (secondary N) is 1. The number of rotatable bonds is 6. The summed E-state index contributed by atoms with van der Waals surface area (Å²) in [6.45, 7) is 0.887. The number of methoxy groups -OCH3 is 1. The van der Waals surface area contributed by atoms with Crippen LogP contribution in [0, 0.1) is 0 Å². The van der Waals surface area contributed by atoms with Crippen molar-refractivity contribution in [1.29, 1.82) is 0 Å². The quantitative estimate of drug-likeness (QED) is 0.829. The van der Waals surface area contributed by atoms with Gasteiger partial charge < -0.3 is 15.2 Å². The second-order valence-electron chi connectivity index (χ2n) is 5.37. The first-order chi connectivity index (χ1) is 9.29. The van der Waals surface area contributed by atoms with Crippen molar-refractivity contribution >= 4 is 0 Å². The Bertz CT molecular complexity index is 358. The number of aliphatic hydroxyl groups excluding tert-OH is 1. The molecule has 106 valence electrons. The lowest BCUT2D eigenvalue weighted by Gasteiger charge is -2.23. The van der Waals surface area contributed by atoms with Crippen molar-refractivity contribution in [2.24, 2.45) is 0 Å². The first kappa shape index (κ1) is 14.4. The van der Waals surface area contributed by atoms with E-state index >= 15 is 0 Å². The highest BCUT2D eigenvalue weighted by atomic mass is 16.5. The van der Waals surface area contributed by atoms with E-state index in [4.69, 9.17) is 4.74 Å².